The third kappa shape index (κ3) is 5.68. The number of piperazine rings is 1. The maximum absolute atomic E-state index is 12.3. The summed E-state index contributed by atoms with van der Waals surface area (Å²) in [5.41, 5.74) is -0.138. The minimum Gasteiger partial charge on any atom is -0.444 e. The number of rotatable bonds is 5. The van der Waals surface area contributed by atoms with Crippen LogP contribution in [-0.2, 0) is 4.74 Å². The van der Waals surface area contributed by atoms with E-state index in [4.69, 9.17) is 9.15 Å². The number of amides is 1. The molecule has 0 aromatic carbocycles. The van der Waals surface area contributed by atoms with E-state index in [1.54, 1.807) is 4.90 Å². The number of hydrogen-bond donors (Lipinski definition) is 0. The van der Waals surface area contributed by atoms with Crippen LogP contribution in [0.1, 0.15) is 90.1 Å². The second-order valence-corrected chi connectivity index (χ2v) is 9.63. The van der Waals surface area contributed by atoms with Crippen molar-refractivity contribution in [1.82, 2.24) is 9.88 Å². The fourth-order valence-corrected chi connectivity index (χ4v) is 4.40. The largest absolute Gasteiger partial charge is 0.444 e. The Kier molecular flexibility index (Phi) is 7.27. The van der Waals surface area contributed by atoms with E-state index in [9.17, 15) is 10.1 Å². The molecule has 1 aromatic heterocycles. The predicted molar refractivity (Wildman–Crippen MR) is 115 cm³/mol. The number of hydrogen-bond acceptors (Lipinski definition) is 6. The molecular weight excluding hydrogens is 380 g/mol. The van der Waals surface area contributed by atoms with Crippen LogP contribution in [0.2, 0.25) is 0 Å². The normalized spacial score (nSPS) is 22.6. The van der Waals surface area contributed by atoms with Crippen LogP contribution in [0.25, 0.3) is 0 Å². The lowest BCUT2D eigenvalue weighted by Gasteiger charge is -2.35. The topological polar surface area (TPSA) is 82.6 Å². The van der Waals surface area contributed by atoms with Gasteiger partial charge in [0.1, 0.15) is 11.7 Å². The third-order valence-corrected chi connectivity index (χ3v) is 6.11. The van der Waals surface area contributed by atoms with E-state index < -0.39 is 5.60 Å². The molecule has 2 fully saturated rings. The van der Waals surface area contributed by atoms with Crippen molar-refractivity contribution in [2.45, 2.75) is 84.2 Å². The smallest absolute Gasteiger partial charge is 0.410 e. The van der Waals surface area contributed by atoms with Crippen molar-refractivity contribution in [3.63, 3.8) is 0 Å². The van der Waals surface area contributed by atoms with Crippen LogP contribution in [0, 0.1) is 17.2 Å². The average molecular weight is 417 g/mol. The van der Waals surface area contributed by atoms with Gasteiger partial charge in [-0.2, -0.15) is 5.26 Å². The van der Waals surface area contributed by atoms with Crippen molar-refractivity contribution in [2.75, 3.05) is 31.1 Å². The van der Waals surface area contributed by atoms with Crippen LogP contribution in [0.5, 0.6) is 0 Å². The Hall–Kier alpha value is -2.23. The van der Waals surface area contributed by atoms with Crippen LogP contribution in [0.15, 0.2) is 4.42 Å². The summed E-state index contributed by atoms with van der Waals surface area (Å²) in [5, 5.41) is 9.58. The summed E-state index contributed by atoms with van der Waals surface area (Å²) >= 11 is 0. The highest BCUT2D eigenvalue weighted by atomic mass is 16.6. The van der Waals surface area contributed by atoms with Gasteiger partial charge in [0.2, 0.25) is 17.5 Å². The standard InChI is InChI=1S/C23H36N4O3/c1-5-6-7-17-8-10-18(11-9-17)20-25-19(16-24)21(29-20)26-12-14-27(15-13-26)22(28)30-23(2,3)4/h17-18H,5-15H2,1-4H3. The lowest BCUT2D eigenvalue weighted by Crippen LogP contribution is -2.50. The van der Waals surface area contributed by atoms with Gasteiger partial charge in [0, 0.05) is 32.1 Å². The molecule has 2 heterocycles. The van der Waals surface area contributed by atoms with Crippen molar-refractivity contribution in [1.29, 1.82) is 5.26 Å². The summed E-state index contributed by atoms with van der Waals surface area (Å²) in [6.45, 7) is 10.1. The van der Waals surface area contributed by atoms with Gasteiger partial charge in [0.15, 0.2) is 0 Å². The van der Waals surface area contributed by atoms with Crippen LogP contribution in [0.3, 0.4) is 0 Å². The van der Waals surface area contributed by atoms with Crippen molar-refractivity contribution < 1.29 is 13.9 Å². The first kappa shape index (κ1) is 22.5. The highest BCUT2D eigenvalue weighted by Gasteiger charge is 2.31. The Labute approximate surface area is 180 Å². The monoisotopic (exact) mass is 416 g/mol. The highest BCUT2D eigenvalue weighted by molar-refractivity contribution is 5.68. The van der Waals surface area contributed by atoms with E-state index in [0.717, 1.165) is 18.8 Å². The molecule has 7 heteroatoms. The van der Waals surface area contributed by atoms with Crippen LogP contribution in [0.4, 0.5) is 10.7 Å². The molecule has 2 aliphatic rings. The zero-order valence-corrected chi connectivity index (χ0v) is 18.9. The molecule has 1 saturated carbocycles. The van der Waals surface area contributed by atoms with E-state index in [2.05, 4.69) is 18.0 Å². The summed E-state index contributed by atoms with van der Waals surface area (Å²) in [6, 6.07) is 2.20. The van der Waals surface area contributed by atoms with E-state index >= 15 is 0 Å². The summed E-state index contributed by atoms with van der Waals surface area (Å²) in [6.07, 6.45) is 8.23. The first-order valence-corrected chi connectivity index (χ1v) is 11.4. The minimum absolute atomic E-state index is 0.291. The molecule has 0 unspecified atom stereocenters. The fraction of sp³-hybridized carbons (Fsp3) is 0.783. The summed E-state index contributed by atoms with van der Waals surface area (Å²) in [7, 11) is 0. The van der Waals surface area contributed by atoms with Gasteiger partial charge in [-0.3, -0.25) is 0 Å². The first-order chi connectivity index (χ1) is 14.3. The van der Waals surface area contributed by atoms with Crippen molar-refractivity contribution >= 4 is 12.0 Å². The lowest BCUT2D eigenvalue weighted by molar-refractivity contribution is 0.0239. The first-order valence-electron chi connectivity index (χ1n) is 11.4. The van der Waals surface area contributed by atoms with Gasteiger partial charge < -0.3 is 19.0 Å². The second-order valence-electron chi connectivity index (χ2n) is 9.63. The van der Waals surface area contributed by atoms with E-state index in [-0.39, 0.29) is 6.09 Å². The van der Waals surface area contributed by atoms with E-state index in [1.165, 1.54) is 32.1 Å². The number of nitriles is 1. The van der Waals surface area contributed by atoms with Crippen LogP contribution in [-0.4, -0.2) is 47.8 Å². The summed E-state index contributed by atoms with van der Waals surface area (Å²) in [5.74, 6) is 2.41. The average Bonchev–Trinajstić information content (AvgIpc) is 3.16. The quantitative estimate of drug-likeness (QED) is 0.667. The van der Waals surface area contributed by atoms with Crippen LogP contribution < -0.4 is 4.90 Å². The summed E-state index contributed by atoms with van der Waals surface area (Å²) in [4.78, 5) is 20.6. The number of nitrogens with zero attached hydrogens (tertiary/aromatic N) is 4. The zero-order valence-electron chi connectivity index (χ0n) is 18.9. The number of oxazole rings is 1. The third-order valence-electron chi connectivity index (χ3n) is 6.11. The Morgan fingerprint density at radius 1 is 1.20 bits per heavy atom. The number of unbranched alkanes of at least 4 members (excludes halogenated alkanes) is 1. The van der Waals surface area contributed by atoms with Gasteiger partial charge in [-0.15, -0.1) is 0 Å². The van der Waals surface area contributed by atoms with Crippen molar-refractivity contribution in [2.24, 2.45) is 5.92 Å². The van der Waals surface area contributed by atoms with Gasteiger partial charge in [-0.05, 0) is 52.4 Å². The predicted octanol–water partition coefficient (Wildman–Crippen LogP) is 5.07. The number of anilines is 1. The molecule has 1 amide bonds. The maximum atomic E-state index is 12.3. The second kappa shape index (κ2) is 9.72. The molecule has 3 rings (SSSR count). The van der Waals surface area contributed by atoms with Crippen molar-refractivity contribution in [3.05, 3.63) is 11.6 Å². The lowest BCUT2D eigenvalue weighted by atomic mass is 9.80. The zero-order chi connectivity index (χ0) is 21.7. The molecule has 7 nitrogen and oxygen atoms in total. The molecule has 0 atom stereocenters. The van der Waals surface area contributed by atoms with Gasteiger partial charge in [-0.25, -0.2) is 9.78 Å². The molecule has 0 N–H and O–H groups in total. The molecule has 1 saturated heterocycles. The number of ether oxygens (including phenoxy) is 1. The van der Waals surface area contributed by atoms with Crippen molar-refractivity contribution in [3.8, 4) is 6.07 Å². The molecule has 0 bridgehead atoms. The number of carbonyl (C=O) groups is 1. The fourth-order valence-electron chi connectivity index (χ4n) is 4.40. The molecule has 0 radical (unpaired) electrons. The van der Waals surface area contributed by atoms with Gasteiger partial charge in [0.05, 0.1) is 0 Å². The molecular formula is C23H36N4O3. The molecule has 1 aromatic rings. The number of carbonyl (C=O) groups excluding carboxylic acids is 1. The maximum Gasteiger partial charge on any atom is 0.410 e. The Bertz CT molecular complexity index is 745. The van der Waals surface area contributed by atoms with Gasteiger partial charge in [-0.1, -0.05) is 26.2 Å². The Morgan fingerprint density at radius 3 is 2.43 bits per heavy atom. The molecule has 30 heavy (non-hydrogen) atoms. The van der Waals surface area contributed by atoms with Gasteiger partial charge in [0.25, 0.3) is 0 Å². The Morgan fingerprint density at radius 2 is 1.87 bits per heavy atom. The van der Waals surface area contributed by atoms with Gasteiger partial charge >= 0.3 is 6.09 Å². The molecule has 0 spiro atoms. The molecule has 1 aliphatic carbocycles. The van der Waals surface area contributed by atoms with Crippen LogP contribution >= 0.6 is 0 Å². The Balaban J connectivity index is 1.58. The molecule has 1 aliphatic heterocycles. The highest BCUT2D eigenvalue weighted by Crippen LogP contribution is 2.39. The SMILES string of the molecule is CCCCC1CCC(c2nc(C#N)c(N3CCN(C(=O)OC(C)(C)C)CC3)o2)CC1. The molecule has 166 valence electrons. The minimum atomic E-state index is -0.502. The van der Waals surface area contributed by atoms with E-state index in [1.807, 2.05) is 25.7 Å². The summed E-state index contributed by atoms with van der Waals surface area (Å²) < 4.78 is 11.6. The van der Waals surface area contributed by atoms with E-state index in [0.29, 0.717) is 49.6 Å². The number of aromatic nitrogens is 1.